The number of esters is 1. The lowest BCUT2D eigenvalue weighted by molar-refractivity contribution is -0.148. The molecule has 94 valence electrons. The van der Waals surface area contributed by atoms with Crippen molar-refractivity contribution in [3.05, 3.63) is 30.1 Å². The van der Waals surface area contributed by atoms with Gasteiger partial charge in [-0.1, -0.05) is 24.9 Å². The molecule has 0 aliphatic carbocycles. The normalized spacial score (nSPS) is 11.9. The van der Waals surface area contributed by atoms with Gasteiger partial charge in [-0.15, -0.1) is 0 Å². The van der Waals surface area contributed by atoms with Crippen molar-refractivity contribution < 1.29 is 18.7 Å². The molecule has 0 amide bonds. The van der Waals surface area contributed by atoms with Crippen LogP contribution in [-0.4, -0.2) is 18.1 Å². The average Bonchev–Trinajstić information content (AvgIpc) is 2.32. The molecular formula is C12H14ClFO3. The van der Waals surface area contributed by atoms with Gasteiger partial charge in [-0.05, 0) is 30.7 Å². The Labute approximate surface area is 104 Å². The number of unbranched alkanes of at least 4 members (excludes halogenated alkanes) is 1. The second-order valence-electron chi connectivity index (χ2n) is 3.41. The van der Waals surface area contributed by atoms with Gasteiger partial charge in [0.15, 0.2) is 0 Å². The highest BCUT2D eigenvalue weighted by Crippen LogP contribution is 2.15. The molecule has 1 rings (SSSR count). The van der Waals surface area contributed by atoms with Gasteiger partial charge >= 0.3 is 5.97 Å². The van der Waals surface area contributed by atoms with Gasteiger partial charge in [-0.3, -0.25) is 0 Å². The molecule has 1 aromatic carbocycles. The molecule has 0 fully saturated rings. The van der Waals surface area contributed by atoms with Crippen molar-refractivity contribution in [2.45, 2.75) is 25.3 Å². The van der Waals surface area contributed by atoms with Crippen molar-refractivity contribution in [3.63, 3.8) is 0 Å². The Morgan fingerprint density at radius 2 is 2.06 bits per heavy atom. The first-order valence-electron chi connectivity index (χ1n) is 5.36. The molecule has 0 bridgehead atoms. The van der Waals surface area contributed by atoms with Crippen LogP contribution in [0.15, 0.2) is 24.3 Å². The first kappa shape index (κ1) is 13.8. The summed E-state index contributed by atoms with van der Waals surface area (Å²) in [5, 5.41) is 0. The minimum Gasteiger partial charge on any atom is -0.463 e. The summed E-state index contributed by atoms with van der Waals surface area (Å²) in [7, 11) is 0. The van der Waals surface area contributed by atoms with E-state index in [0.717, 1.165) is 12.8 Å². The number of carbonyl (C=O) groups is 1. The summed E-state index contributed by atoms with van der Waals surface area (Å²) in [5.74, 6) is -0.697. The highest BCUT2D eigenvalue weighted by atomic mass is 35.5. The van der Waals surface area contributed by atoms with Gasteiger partial charge < -0.3 is 9.47 Å². The summed E-state index contributed by atoms with van der Waals surface area (Å²) in [6.45, 7) is 2.31. The molecule has 5 heteroatoms. The zero-order valence-corrected chi connectivity index (χ0v) is 10.2. The Morgan fingerprint density at radius 3 is 2.65 bits per heavy atom. The molecule has 0 aliphatic rings. The lowest BCUT2D eigenvalue weighted by Gasteiger charge is -2.11. The lowest BCUT2D eigenvalue weighted by atomic mass is 10.3. The van der Waals surface area contributed by atoms with Gasteiger partial charge in [0.25, 0.3) is 5.56 Å². The van der Waals surface area contributed by atoms with Crippen LogP contribution in [0, 0.1) is 5.82 Å². The van der Waals surface area contributed by atoms with E-state index in [-0.39, 0.29) is 5.82 Å². The average molecular weight is 261 g/mol. The topological polar surface area (TPSA) is 35.5 Å². The molecule has 0 saturated heterocycles. The second kappa shape index (κ2) is 7.12. The third-order valence-corrected chi connectivity index (χ3v) is 2.25. The van der Waals surface area contributed by atoms with E-state index in [1.54, 1.807) is 0 Å². The van der Waals surface area contributed by atoms with Gasteiger partial charge in [-0.25, -0.2) is 9.18 Å². The largest absolute Gasteiger partial charge is 0.463 e. The second-order valence-corrected chi connectivity index (χ2v) is 3.81. The first-order chi connectivity index (χ1) is 8.13. The van der Waals surface area contributed by atoms with E-state index >= 15 is 0 Å². The number of halogens is 2. The van der Waals surface area contributed by atoms with E-state index < -0.39 is 11.5 Å². The summed E-state index contributed by atoms with van der Waals surface area (Å²) < 4.78 is 22.6. The summed E-state index contributed by atoms with van der Waals surface area (Å²) >= 11 is 5.69. The Bertz CT molecular complexity index is 353. The van der Waals surface area contributed by atoms with E-state index in [2.05, 4.69) is 0 Å². The third-order valence-electron chi connectivity index (χ3n) is 1.98. The van der Waals surface area contributed by atoms with Crippen molar-refractivity contribution in [3.8, 4) is 5.75 Å². The van der Waals surface area contributed by atoms with E-state index in [9.17, 15) is 9.18 Å². The Kier molecular flexibility index (Phi) is 5.77. The van der Waals surface area contributed by atoms with E-state index in [1.165, 1.54) is 24.3 Å². The fourth-order valence-corrected chi connectivity index (χ4v) is 1.23. The molecule has 3 nitrogen and oxygen atoms in total. The van der Waals surface area contributed by atoms with E-state index in [0.29, 0.717) is 12.4 Å². The summed E-state index contributed by atoms with van der Waals surface area (Å²) in [6.07, 6.45) is 1.71. The molecule has 1 atom stereocenters. The maximum Gasteiger partial charge on any atom is 0.363 e. The van der Waals surface area contributed by atoms with Crippen molar-refractivity contribution >= 4 is 17.6 Å². The monoisotopic (exact) mass is 260 g/mol. The Balaban J connectivity index is 2.40. The van der Waals surface area contributed by atoms with Crippen LogP contribution in [-0.2, 0) is 9.53 Å². The molecule has 1 unspecified atom stereocenters. The zero-order valence-electron chi connectivity index (χ0n) is 9.49. The fraction of sp³-hybridized carbons (Fsp3) is 0.417. The van der Waals surface area contributed by atoms with Crippen LogP contribution in [0.4, 0.5) is 4.39 Å². The highest BCUT2D eigenvalue weighted by molar-refractivity contribution is 6.28. The summed E-state index contributed by atoms with van der Waals surface area (Å²) in [5.41, 5.74) is -1.21. The molecular weight excluding hydrogens is 247 g/mol. The van der Waals surface area contributed by atoms with Crippen LogP contribution < -0.4 is 4.74 Å². The van der Waals surface area contributed by atoms with Crippen LogP contribution >= 0.6 is 11.6 Å². The van der Waals surface area contributed by atoms with E-state index in [1.807, 2.05) is 6.92 Å². The van der Waals surface area contributed by atoms with Crippen molar-refractivity contribution in [2.24, 2.45) is 0 Å². The lowest BCUT2D eigenvalue weighted by Crippen LogP contribution is -2.24. The molecule has 0 spiro atoms. The summed E-state index contributed by atoms with van der Waals surface area (Å²) in [6, 6.07) is 5.23. The maximum atomic E-state index is 12.6. The van der Waals surface area contributed by atoms with Crippen LogP contribution in [0.5, 0.6) is 5.75 Å². The van der Waals surface area contributed by atoms with Crippen LogP contribution in [0.25, 0.3) is 0 Å². The number of hydrogen-bond donors (Lipinski definition) is 0. The van der Waals surface area contributed by atoms with Gasteiger partial charge in [0, 0.05) is 0 Å². The van der Waals surface area contributed by atoms with E-state index in [4.69, 9.17) is 21.1 Å². The minimum atomic E-state index is -1.21. The highest BCUT2D eigenvalue weighted by Gasteiger charge is 2.18. The van der Waals surface area contributed by atoms with Gasteiger partial charge in [0.05, 0.1) is 6.61 Å². The molecule has 0 N–H and O–H groups in total. The Hall–Kier alpha value is -1.29. The third kappa shape index (κ3) is 5.04. The molecule has 0 saturated carbocycles. The van der Waals surface area contributed by atoms with Crippen LogP contribution in [0.2, 0.25) is 0 Å². The fourth-order valence-electron chi connectivity index (χ4n) is 1.06. The molecule has 0 aromatic heterocycles. The number of benzene rings is 1. The molecule has 17 heavy (non-hydrogen) atoms. The number of ether oxygens (including phenoxy) is 2. The predicted molar refractivity (Wildman–Crippen MR) is 62.5 cm³/mol. The number of rotatable bonds is 6. The standard InChI is InChI=1S/C12H14ClFO3/c1-2-3-8-16-12(15)11(13)17-10-6-4-9(14)5-7-10/h4-7,11H,2-3,8H2,1H3. The number of hydrogen-bond acceptors (Lipinski definition) is 3. The number of alkyl halides is 1. The van der Waals surface area contributed by atoms with Gasteiger partial charge in [-0.2, -0.15) is 0 Å². The number of carbonyl (C=O) groups excluding carboxylic acids is 1. The molecule has 1 aromatic rings. The molecule has 0 aliphatic heterocycles. The summed E-state index contributed by atoms with van der Waals surface area (Å²) in [4.78, 5) is 11.3. The SMILES string of the molecule is CCCCOC(=O)C(Cl)Oc1ccc(F)cc1. The Morgan fingerprint density at radius 1 is 1.41 bits per heavy atom. The van der Waals surface area contributed by atoms with Crippen LogP contribution in [0.3, 0.4) is 0 Å². The minimum absolute atomic E-state index is 0.318. The first-order valence-corrected chi connectivity index (χ1v) is 5.80. The quantitative estimate of drug-likeness (QED) is 0.448. The predicted octanol–water partition coefficient (Wildman–Crippen LogP) is 3.11. The maximum absolute atomic E-state index is 12.6. The van der Waals surface area contributed by atoms with Crippen LogP contribution in [0.1, 0.15) is 19.8 Å². The van der Waals surface area contributed by atoms with Crippen molar-refractivity contribution in [1.82, 2.24) is 0 Å². The van der Waals surface area contributed by atoms with Crippen molar-refractivity contribution in [1.29, 1.82) is 0 Å². The molecule has 0 radical (unpaired) electrons. The van der Waals surface area contributed by atoms with Crippen molar-refractivity contribution in [2.75, 3.05) is 6.61 Å². The van der Waals surface area contributed by atoms with Gasteiger partial charge in [0.1, 0.15) is 11.6 Å². The molecule has 0 heterocycles. The zero-order chi connectivity index (χ0) is 12.7. The smallest absolute Gasteiger partial charge is 0.363 e. The van der Waals surface area contributed by atoms with Gasteiger partial charge in [0.2, 0.25) is 0 Å².